The van der Waals surface area contributed by atoms with Crippen LogP contribution in [-0.2, 0) is 6.42 Å². The Morgan fingerprint density at radius 3 is 2.58 bits per heavy atom. The summed E-state index contributed by atoms with van der Waals surface area (Å²) >= 11 is 5.86. The van der Waals surface area contributed by atoms with Crippen molar-refractivity contribution in [3.8, 4) is 11.5 Å². The van der Waals surface area contributed by atoms with Gasteiger partial charge in [-0.2, -0.15) is 0 Å². The Morgan fingerprint density at radius 1 is 1.27 bits per heavy atom. The zero-order valence-corrected chi connectivity index (χ0v) is 13.8. The lowest BCUT2D eigenvalue weighted by molar-refractivity contribution is -0.275. The van der Waals surface area contributed by atoms with Gasteiger partial charge in [0.2, 0.25) is 0 Å². The molecule has 0 fully saturated rings. The van der Waals surface area contributed by atoms with Crippen LogP contribution in [0.2, 0.25) is 5.02 Å². The molecule has 1 atom stereocenters. The number of hydrogen-bond acceptors (Lipinski definition) is 3. The normalized spacial score (nSPS) is 16.4. The Bertz CT molecular complexity index is 899. The topological polar surface area (TPSA) is 72.6 Å². The fourth-order valence-electron chi connectivity index (χ4n) is 3.25. The van der Waals surface area contributed by atoms with Crippen molar-refractivity contribution in [1.82, 2.24) is 0 Å². The molecule has 1 amide bonds. The second-order valence-electron chi connectivity index (χ2n) is 5.84. The monoisotopic (exact) mass is 389 g/mol. The SMILES string of the molecule is NC(=O)c1ccc([C@@H]2CCc3c(F)cc(Cl)cc32)c(OC(F)(F)F)c1O. The number of ether oxygens (including phenoxy) is 1. The molecule has 0 spiro atoms. The third-order valence-corrected chi connectivity index (χ3v) is 4.49. The lowest BCUT2D eigenvalue weighted by Gasteiger charge is -2.20. The van der Waals surface area contributed by atoms with Crippen molar-refractivity contribution in [2.45, 2.75) is 25.1 Å². The molecule has 4 nitrogen and oxygen atoms in total. The van der Waals surface area contributed by atoms with E-state index in [9.17, 15) is 27.5 Å². The van der Waals surface area contributed by atoms with E-state index in [1.807, 2.05) is 0 Å². The minimum atomic E-state index is -5.11. The number of primary amides is 1. The lowest BCUT2D eigenvalue weighted by Crippen LogP contribution is -2.20. The molecule has 0 heterocycles. The number of benzene rings is 2. The summed E-state index contributed by atoms with van der Waals surface area (Å²) in [5.74, 6) is -4.29. The van der Waals surface area contributed by atoms with Gasteiger partial charge < -0.3 is 15.6 Å². The number of fused-ring (bicyclic) bond motifs is 1. The fraction of sp³-hybridized carbons (Fsp3) is 0.235. The van der Waals surface area contributed by atoms with Crippen LogP contribution in [0.1, 0.15) is 39.4 Å². The van der Waals surface area contributed by atoms with Gasteiger partial charge in [0.15, 0.2) is 11.5 Å². The standard InChI is InChI=1S/C17H12ClF4NO3/c18-7-5-12-8(1-2-9(12)13(19)6-7)10-3-4-11(16(23)25)14(24)15(10)26-17(20,21)22/h3-6,8,24H,1-2H2,(H2,23,25)/t8-/m0/s1. The van der Waals surface area contributed by atoms with Crippen LogP contribution in [0, 0.1) is 5.82 Å². The molecule has 0 aromatic heterocycles. The molecule has 0 aliphatic heterocycles. The third-order valence-electron chi connectivity index (χ3n) is 4.27. The lowest BCUT2D eigenvalue weighted by atomic mass is 9.90. The first-order valence-electron chi connectivity index (χ1n) is 7.47. The molecular formula is C17H12ClF4NO3. The Hall–Kier alpha value is -2.48. The molecule has 3 N–H and O–H groups in total. The summed E-state index contributed by atoms with van der Waals surface area (Å²) < 4.78 is 56.5. The zero-order chi connectivity index (χ0) is 19.2. The van der Waals surface area contributed by atoms with Crippen LogP contribution in [0.25, 0.3) is 0 Å². The minimum Gasteiger partial charge on any atom is -0.504 e. The van der Waals surface area contributed by atoms with Gasteiger partial charge in [-0.3, -0.25) is 4.79 Å². The van der Waals surface area contributed by atoms with E-state index in [-0.39, 0.29) is 23.4 Å². The zero-order valence-electron chi connectivity index (χ0n) is 13.0. The summed E-state index contributed by atoms with van der Waals surface area (Å²) in [6.07, 6.45) is -4.54. The maximum Gasteiger partial charge on any atom is 0.573 e. The van der Waals surface area contributed by atoms with E-state index in [2.05, 4.69) is 4.74 Å². The molecule has 3 rings (SSSR count). The molecule has 1 aliphatic rings. The molecule has 0 radical (unpaired) electrons. The Labute approximate surface area is 150 Å². The van der Waals surface area contributed by atoms with Crippen LogP contribution in [0.5, 0.6) is 11.5 Å². The Balaban J connectivity index is 2.18. The van der Waals surface area contributed by atoms with Gasteiger partial charge >= 0.3 is 6.36 Å². The van der Waals surface area contributed by atoms with E-state index < -0.39 is 41.1 Å². The van der Waals surface area contributed by atoms with Crippen molar-refractivity contribution in [3.05, 3.63) is 57.4 Å². The first-order chi connectivity index (χ1) is 12.1. The molecular weight excluding hydrogens is 378 g/mol. The second kappa shape index (κ2) is 6.35. The first-order valence-corrected chi connectivity index (χ1v) is 7.85. The van der Waals surface area contributed by atoms with Crippen molar-refractivity contribution in [2.75, 3.05) is 0 Å². The summed E-state index contributed by atoms with van der Waals surface area (Å²) in [4.78, 5) is 11.3. The van der Waals surface area contributed by atoms with Crippen molar-refractivity contribution in [3.63, 3.8) is 0 Å². The van der Waals surface area contributed by atoms with Gasteiger partial charge in [0.25, 0.3) is 5.91 Å². The van der Waals surface area contributed by atoms with E-state index in [0.717, 1.165) is 12.1 Å². The van der Waals surface area contributed by atoms with Gasteiger partial charge in [-0.1, -0.05) is 17.7 Å². The molecule has 2 aromatic rings. The number of alkyl halides is 3. The van der Waals surface area contributed by atoms with Crippen molar-refractivity contribution < 1.29 is 32.2 Å². The molecule has 1 aliphatic carbocycles. The van der Waals surface area contributed by atoms with E-state index in [4.69, 9.17) is 17.3 Å². The number of amides is 1. The number of hydrogen-bond donors (Lipinski definition) is 2. The molecule has 2 aromatic carbocycles. The van der Waals surface area contributed by atoms with Gasteiger partial charge in [-0.05, 0) is 42.2 Å². The minimum absolute atomic E-state index is 0.0368. The molecule has 0 saturated heterocycles. The molecule has 0 bridgehead atoms. The van der Waals surface area contributed by atoms with Gasteiger partial charge in [0, 0.05) is 16.5 Å². The predicted octanol–water partition coefficient (Wildman–Crippen LogP) is 4.26. The average molecular weight is 390 g/mol. The number of phenols is 1. The molecule has 0 unspecified atom stereocenters. The summed E-state index contributed by atoms with van der Waals surface area (Å²) in [6, 6.07) is 4.91. The maximum absolute atomic E-state index is 14.1. The maximum atomic E-state index is 14.1. The quantitative estimate of drug-likeness (QED) is 0.770. The average Bonchev–Trinajstić information content (AvgIpc) is 2.91. The van der Waals surface area contributed by atoms with Crippen LogP contribution in [0.3, 0.4) is 0 Å². The predicted molar refractivity (Wildman–Crippen MR) is 84.9 cm³/mol. The van der Waals surface area contributed by atoms with Crippen molar-refractivity contribution in [1.29, 1.82) is 0 Å². The van der Waals surface area contributed by atoms with E-state index in [0.29, 0.717) is 11.1 Å². The number of rotatable bonds is 3. The van der Waals surface area contributed by atoms with E-state index >= 15 is 0 Å². The smallest absolute Gasteiger partial charge is 0.504 e. The molecule has 0 saturated carbocycles. The van der Waals surface area contributed by atoms with E-state index in [1.165, 1.54) is 12.1 Å². The Kier molecular flexibility index (Phi) is 4.47. The Morgan fingerprint density at radius 2 is 1.96 bits per heavy atom. The van der Waals surface area contributed by atoms with Gasteiger partial charge in [0.05, 0.1) is 5.56 Å². The number of carbonyl (C=O) groups is 1. The van der Waals surface area contributed by atoms with Crippen LogP contribution in [0.15, 0.2) is 24.3 Å². The highest BCUT2D eigenvalue weighted by Gasteiger charge is 2.37. The van der Waals surface area contributed by atoms with Crippen LogP contribution in [-0.4, -0.2) is 17.4 Å². The number of aromatic hydroxyl groups is 1. The molecule has 26 heavy (non-hydrogen) atoms. The third kappa shape index (κ3) is 3.29. The second-order valence-corrected chi connectivity index (χ2v) is 6.28. The van der Waals surface area contributed by atoms with Crippen LogP contribution >= 0.6 is 11.6 Å². The highest BCUT2D eigenvalue weighted by atomic mass is 35.5. The van der Waals surface area contributed by atoms with Crippen LogP contribution < -0.4 is 10.5 Å². The summed E-state index contributed by atoms with van der Waals surface area (Å²) in [5.41, 5.74) is 5.27. The fourth-order valence-corrected chi connectivity index (χ4v) is 3.46. The number of nitrogens with two attached hydrogens (primary N) is 1. The van der Waals surface area contributed by atoms with Gasteiger partial charge in [-0.15, -0.1) is 13.2 Å². The van der Waals surface area contributed by atoms with Gasteiger partial charge in [-0.25, -0.2) is 4.39 Å². The number of halogens is 5. The number of carbonyl (C=O) groups excluding carboxylic acids is 1. The summed E-state index contributed by atoms with van der Waals surface area (Å²) in [6.45, 7) is 0. The summed E-state index contributed by atoms with van der Waals surface area (Å²) in [5, 5.41) is 10.2. The molecule has 138 valence electrons. The van der Waals surface area contributed by atoms with Crippen LogP contribution in [0.4, 0.5) is 17.6 Å². The van der Waals surface area contributed by atoms with Crippen molar-refractivity contribution >= 4 is 17.5 Å². The van der Waals surface area contributed by atoms with E-state index in [1.54, 1.807) is 0 Å². The largest absolute Gasteiger partial charge is 0.573 e. The highest BCUT2D eigenvalue weighted by molar-refractivity contribution is 6.30. The first kappa shape index (κ1) is 18.3. The van der Waals surface area contributed by atoms with Crippen molar-refractivity contribution in [2.24, 2.45) is 5.73 Å². The van der Waals surface area contributed by atoms with Gasteiger partial charge in [0.1, 0.15) is 5.82 Å². The summed E-state index contributed by atoms with van der Waals surface area (Å²) in [7, 11) is 0. The highest BCUT2D eigenvalue weighted by Crippen LogP contribution is 2.48. The molecule has 9 heteroatoms.